The number of ether oxygens (including phenoxy) is 1. The number of piperidine rings is 1. The minimum absolute atomic E-state index is 0.0572. The highest BCUT2D eigenvalue weighted by molar-refractivity contribution is 5.83. The molecule has 0 bridgehead atoms. The molecule has 0 aromatic rings. The van der Waals surface area contributed by atoms with E-state index in [0.29, 0.717) is 13.0 Å². The molecule has 2 atom stereocenters. The molecule has 1 fully saturated rings. The zero-order valence-corrected chi connectivity index (χ0v) is 13.4. The highest BCUT2D eigenvalue weighted by atomic mass is 16.6. The average Bonchev–Trinajstić information content (AvgIpc) is 2.29. The molecule has 20 heavy (non-hydrogen) atoms. The molecule has 1 saturated heterocycles. The van der Waals surface area contributed by atoms with Crippen LogP contribution < -0.4 is 5.73 Å². The van der Waals surface area contributed by atoms with Crippen LogP contribution in [0, 0.1) is 5.41 Å². The van der Waals surface area contributed by atoms with E-state index >= 15 is 0 Å². The fourth-order valence-electron chi connectivity index (χ4n) is 2.52. The van der Waals surface area contributed by atoms with Crippen LogP contribution >= 0.6 is 0 Å². The maximum Gasteiger partial charge on any atom is 0.411 e. The van der Waals surface area contributed by atoms with Gasteiger partial charge in [0.1, 0.15) is 5.60 Å². The molecule has 2 unspecified atom stereocenters. The van der Waals surface area contributed by atoms with Crippen LogP contribution in [0.4, 0.5) is 4.79 Å². The Balaban J connectivity index is 2.91. The van der Waals surface area contributed by atoms with E-state index in [-0.39, 0.29) is 5.91 Å². The molecular formula is C14H27N3O3. The summed E-state index contributed by atoms with van der Waals surface area (Å²) in [7, 11) is 3.40. The van der Waals surface area contributed by atoms with Gasteiger partial charge < -0.3 is 15.4 Å². The maximum absolute atomic E-state index is 12.4. The molecule has 1 aliphatic rings. The van der Waals surface area contributed by atoms with Crippen LogP contribution in [0.2, 0.25) is 0 Å². The van der Waals surface area contributed by atoms with Gasteiger partial charge in [0.05, 0.1) is 11.6 Å². The van der Waals surface area contributed by atoms with Crippen molar-refractivity contribution in [3.63, 3.8) is 0 Å². The monoisotopic (exact) mass is 285 g/mol. The Hall–Kier alpha value is -1.30. The summed E-state index contributed by atoms with van der Waals surface area (Å²) in [5.74, 6) is -0.0572. The molecule has 6 heteroatoms. The molecule has 0 spiro atoms. The van der Waals surface area contributed by atoms with Crippen LogP contribution in [0.15, 0.2) is 0 Å². The number of nitrogens with zero attached hydrogens (tertiary/aromatic N) is 2. The molecule has 1 aliphatic heterocycles. The highest BCUT2D eigenvalue weighted by Crippen LogP contribution is 2.35. The van der Waals surface area contributed by atoms with E-state index in [0.717, 1.165) is 6.42 Å². The molecular weight excluding hydrogens is 258 g/mol. The topological polar surface area (TPSA) is 75.9 Å². The largest absolute Gasteiger partial charge is 0.444 e. The predicted molar refractivity (Wildman–Crippen MR) is 77.0 cm³/mol. The number of nitrogens with two attached hydrogens (primary N) is 1. The molecule has 0 radical (unpaired) electrons. The molecule has 2 amide bonds. The minimum atomic E-state index is -0.765. The van der Waals surface area contributed by atoms with Gasteiger partial charge in [-0.15, -0.1) is 0 Å². The van der Waals surface area contributed by atoms with Gasteiger partial charge in [-0.1, -0.05) is 0 Å². The third-order valence-corrected chi connectivity index (χ3v) is 3.61. The van der Waals surface area contributed by atoms with Crippen LogP contribution in [0.5, 0.6) is 0 Å². The van der Waals surface area contributed by atoms with Crippen molar-refractivity contribution in [2.45, 2.75) is 52.3 Å². The van der Waals surface area contributed by atoms with Crippen molar-refractivity contribution < 1.29 is 14.3 Å². The number of carbonyl (C=O) groups is 2. The first-order valence-corrected chi connectivity index (χ1v) is 6.96. The minimum Gasteiger partial charge on any atom is -0.444 e. The Morgan fingerprint density at radius 2 is 1.90 bits per heavy atom. The summed E-state index contributed by atoms with van der Waals surface area (Å²) in [5.41, 5.74) is 4.86. The van der Waals surface area contributed by atoms with Crippen molar-refractivity contribution in [3.05, 3.63) is 0 Å². The Kier molecular flexibility index (Phi) is 4.69. The molecule has 116 valence electrons. The zero-order valence-electron chi connectivity index (χ0n) is 13.4. The van der Waals surface area contributed by atoms with E-state index in [1.807, 2.05) is 27.7 Å². The van der Waals surface area contributed by atoms with E-state index in [1.54, 1.807) is 14.1 Å². The lowest BCUT2D eigenvalue weighted by Crippen LogP contribution is -2.63. The molecule has 1 heterocycles. The second kappa shape index (κ2) is 5.60. The summed E-state index contributed by atoms with van der Waals surface area (Å²) in [4.78, 5) is 27.5. The van der Waals surface area contributed by atoms with Crippen molar-refractivity contribution in [3.8, 4) is 0 Å². The van der Waals surface area contributed by atoms with Crippen molar-refractivity contribution in [1.29, 1.82) is 0 Å². The van der Waals surface area contributed by atoms with Gasteiger partial charge >= 0.3 is 6.09 Å². The van der Waals surface area contributed by atoms with Gasteiger partial charge in [0.2, 0.25) is 5.91 Å². The second-order valence-corrected chi connectivity index (χ2v) is 6.84. The fraction of sp³-hybridized carbons (Fsp3) is 0.857. The Morgan fingerprint density at radius 1 is 1.35 bits per heavy atom. The van der Waals surface area contributed by atoms with Gasteiger partial charge in [-0.25, -0.2) is 4.79 Å². The smallest absolute Gasteiger partial charge is 0.411 e. The average molecular weight is 285 g/mol. The lowest BCUT2D eigenvalue weighted by Gasteiger charge is -2.45. The normalized spacial score (nSPS) is 27.1. The zero-order chi connectivity index (χ0) is 15.7. The Labute approximate surface area is 121 Å². The molecule has 2 N–H and O–H groups in total. The SMILES string of the molecule is CN(C)C(=O)C1(C)CCCN(C(=O)OC(C)(C)C)C1N. The summed E-state index contributed by atoms with van der Waals surface area (Å²) in [6.45, 7) is 7.77. The summed E-state index contributed by atoms with van der Waals surface area (Å²) in [6.07, 6.45) is 0.288. The molecule has 6 nitrogen and oxygen atoms in total. The third kappa shape index (κ3) is 3.42. The number of hydrogen-bond acceptors (Lipinski definition) is 4. The second-order valence-electron chi connectivity index (χ2n) is 6.84. The number of carbonyl (C=O) groups excluding carboxylic acids is 2. The first kappa shape index (κ1) is 16.8. The van der Waals surface area contributed by atoms with E-state index in [4.69, 9.17) is 10.5 Å². The van der Waals surface area contributed by atoms with Crippen LogP contribution in [-0.4, -0.2) is 54.2 Å². The molecule has 0 aliphatic carbocycles. The number of likely N-dealkylation sites (tertiary alicyclic amines) is 1. The molecule has 0 aromatic carbocycles. The van der Waals surface area contributed by atoms with Crippen LogP contribution in [0.25, 0.3) is 0 Å². The molecule has 0 saturated carbocycles. The lowest BCUT2D eigenvalue weighted by molar-refractivity contribution is -0.145. The van der Waals surface area contributed by atoms with Gasteiger partial charge in [0, 0.05) is 20.6 Å². The number of hydrogen-bond donors (Lipinski definition) is 1. The quantitative estimate of drug-likeness (QED) is 0.790. The van der Waals surface area contributed by atoms with Gasteiger partial charge in [-0.2, -0.15) is 0 Å². The third-order valence-electron chi connectivity index (χ3n) is 3.61. The lowest BCUT2D eigenvalue weighted by atomic mass is 9.77. The van der Waals surface area contributed by atoms with E-state index in [1.165, 1.54) is 9.80 Å². The first-order valence-electron chi connectivity index (χ1n) is 6.96. The maximum atomic E-state index is 12.4. The van der Waals surface area contributed by atoms with Crippen LogP contribution in [-0.2, 0) is 9.53 Å². The van der Waals surface area contributed by atoms with Gasteiger partial charge in [0.25, 0.3) is 0 Å². The Bertz CT molecular complexity index is 390. The summed E-state index contributed by atoms with van der Waals surface area (Å²) in [5, 5.41) is 0. The van der Waals surface area contributed by atoms with Gasteiger partial charge in [-0.05, 0) is 40.5 Å². The van der Waals surface area contributed by atoms with Gasteiger partial charge in [0.15, 0.2) is 0 Å². The summed E-state index contributed by atoms with van der Waals surface area (Å²) >= 11 is 0. The Morgan fingerprint density at radius 3 is 2.35 bits per heavy atom. The van der Waals surface area contributed by atoms with Crippen molar-refractivity contribution >= 4 is 12.0 Å². The van der Waals surface area contributed by atoms with Crippen molar-refractivity contribution in [2.75, 3.05) is 20.6 Å². The highest BCUT2D eigenvalue weighted by Gasteiger charge is 2.47. The van der Waals surface area contributed by atoms with E-state index in [2.05, 4.69) is 0 Å². The number of amides is 2. The number of rotatable bonds is 1. The summed E-state index contributed by atoms with van der Waals surface area (Å²) in [6, 6.07) is 0. The van der Waals surface area contributed by atoms with Crippen LogP contribution in [0.1, 0.15) is 40.5 Å². The van der Waals surface area contributed by atoms with Crippen molar-refractivity contribution in [2.24, 2.45) is 11.1 Å². The fourth-order valence-corrected chi connectivity index (χ4v) is 2.52. The standard InChI is InChI=1S/C14H27N3O3/c1-13(2,3)20-12(19)17-9-7-8-14(4,10(17)15)11(18)16(5)6/h10H,7-9,15H2,1-6H3. The van der Waals surface area contributed by atoms with Crippen molar-refractivity contribution in [1.82, 2.24) is 9.80 Å². The first-order chi connectivity index (χ1) is 8.99. The van der Waals surface area contributed by atoms with Gasteiger partial charge in [-0.3, -0.25) is 9.69 Å². The predicted octanol–water partition coefficient (Wildman–Crippen LogP) is 1.40. The van der Waals surface area contributed by atoms with E-state index < -0.39 is 23.3 Å². The molecule has 1 rings (SSSR count). The molecule has 0 aromatic heterocycles. The summed E-state index contributed by atoms with van der Waals surface area (Å²) < 4.78 is 5.36. The van der Waals surface area contributed by atoms with Crippen LogP contribution in [0.3, 0.4) is 0 Å². The van der Waals surface area contributed by atoms with E-state index in [9.17, 15) is 9.59 Å².